The molecule has 2 N–H and O–H groups in total. The van der Waals surface area contributed by atoms with Gasteiger partial charge in [0.2, 0.25) is 0 Å². The van der Waals surface area contributed by atoms with Crippen molar-refractivity contribution in [3.63, 3.8) is 0 Å². The molecule has 1 saturated heterocycles. The fourth-order valence-electron chi connectivity index (χ4n) is 2.15. The third-order valence-corrected chi connectivity index (χ3v) is 3.63. The zero-order valence-electron chi connectivity index (χ0n) is 9.83. The number of rotatable bonds is 3. The van der Waals surface area contributed by atoms with Gasteiger partial charge in [0.25, 0.3) is 0 Å². The van der Waals surface area contributed by atoms with E-state index < -0.39 is 22.6 Å². The highest BCUT2D eigenvalue weighted by molar-refractivity contribution is 5.76. The Morgan fingerprint density at radius 2 is 2.07 bits per heavy atom. The molecule has 1 aliphatic heterocycles. The quantitative estimate of drug-likeness (QED) is 0.748. The summed E-state index contributed by atoms with van der Waals surface area (Å²) in [6.45, 7) is 7.18. The van der Waals surface area contributed by atoms with Crippen LogP contribution in [-0.4, -0.2) is 34.0 Å². The van der Waals surface area contributed by atoms with E-state index in [-0.39, 0.29) is 6.61 Å². The van der Waals surface area contributed by atoms with Gasteiger partial charge in [-0.25, -0.2) is 0 Å². The predicted molar refractivity (Wildman–Crippen MR) is 55.6 cm³/mol. The molecule has 0 aromatic heterocycles. The van der Waals surface area contributed by atoms with E-state index in [2.05, 4.69) is 0 Å². The molecule has 0 spiro atoms. The molecule has 4 nitrogen and oxygen atoms in total. The molecule has 1 fully saturated rings. The number of aliphatic hydroxyl groups is 1. The topological polar surface area (TPSA) is 66.8 Å². The minimum absolute atomic E-state index is 0.0939. The second-order valence-corrected chi connectivity index (χ2v) is 5.25. The Hall–Kier alpha value is -0.610. The highest BCUT2D eigenvalue weighted by Crippen LogP contribution is 2.45. The third-order valence-electron chi connectivity index (χ3n) is 3.63. The first-order valence-corrected chi connectivity index (χ1v) is 5.27. The van der Waals surface area contributed by atoms with Gasteiger partial charge in [-0.15, -0.1) is 0 Å². The van der Waals surface area contributed by atoms with E-state index in [0.29, 0.717) is 12.8 Å². The van der Waals surface area contributed by atoms with Crippen LogP contribution >= 0.6 is 0 Å². The molecule has 0 aromatic carbocycles. The first kappa shape index (κ1) is 12.5. The van der Waals surface area contributed by atoms with Gasteiger partial charge in [-0.1, -0.05) is 6.92 Å². The molecule has 1 aliphatic rings. The Bertz CT molecular complexity index is 274. The van der Waals surface area contributed by atoms with Crippen LogP contribution in [0.25, 0.3) is 0 Å². The average Bonchev–Trinajstić information content (AvgIpc) is 2.40. The molecule has 0 saturated carbocycles. The Labute approximate surface area is 90.2 Å². The van der Waals surface area contributed by atoms with Crippen molar-refractivity contribution in [3.05, 3.63) is 0 Å². The van der Waals surface area contributed by atoms with Gasteiger partial charge in [0, 0.05) is 6.42 Å². The molecule has 0 aromatic rings. The predicted octanol–water partition coefficient (Wildman–Crippen LogP) is 1.42. The number of aliphatic carboxylic acids is 1. The van der Waals surface area contributed by atoms with Crippen LogP contribution in [0.1, 0.15) is 40.5 Å². The molecule has 15 heavy (non-hydrogen) atoms. The maximum Gasteiger partial charge on any atom is 0.312 e. The normalized spacial score (nSPS) is 33.7. The highest BCUT2D eigenvalue weighted by Gasteiger charge is 2.57. The summed E-state index contributed by atoms with van der Waals surface area (Å²) in [5.74, 6) is -0.964. The van der Waals surface area contributed by atoms with Crippen molar-refractivity contribution >= 4 is 5.97 Å². The molecule has 4 heteroatoms. The van der Waals surface area contributed by atoms with Crippen molar-refractivity contribution in [1.29, 1.82) is 0 Å². The van der Waals surface area contributed by atoms with Crippen LogP contribution in [0.2, 0.25) is 0 Å². The summed E-state index contributed by atoms with van der Waals surface area (Å²) in [7, 11) is 0. The SMILES string of the molecule is CCC(C)(C(=O)O)C1(O)COC(C)(C)C1. The van der Waals surface area contributed by atoms with E-state index in [1.807, 2.05) is 13.8 Å². The van der Waals surface area contributed by atoms with Gasteiger partial charge < -0.3 is 14.9 Å². The molecule has 1 heterocycles. The standard InChI is InChI=1S/C11H20O4/c1-5-10(4,8(12)13)11(14)6-9(2,3)15-7-11/h14H,5-7H2,1-4H3,(H,12,13). The second-order valence-electron chi connectivity index (χ2n) is 5.25. The molecule has 2 unspecified atom stereocenters. The lowest BCUT2D eigenvalue weighted by Crippen LogP contribution is -2.52. The molecule has 1 rings (SSSR count). The lowest BCUT2D eigenvalue weighted by molar-refractivity contribution is -0.167. The molecule has 0 bridgehead atoms. The summed E-state index contributed by atoms with van der Waals surface area (Å²) in [4.78, 5) is 11.2. The average molecular weight is 216 g/mol. The Morgan fingerprint density at radius 1 is 1.53 bits per heavy atom. The molecule has 0 aliphatic carbocycles. The van der Waals surface area contributed by atoms with Gasteiger partial charge in [-0.3, -0.25) is 4.79 Å². The highest BCUT2D eigenvalue weighted by atomic mass is 16.5. The Morgan fingerprint density at radius 3 is 2.33 bits per heavy atom. The number of hydrogen-bond acceptors (Lipinski definition) is 3. The molecule has 2 atom stereocenters. The summed E-state index contributed by atoms with van der Waals surface area (Å²) in [6.07, 6.45) is 0.745. The number of carbonyl (C=O) groups is 1. The van der Waals surface area contributed by atoms with Crippen LogP contribution < -0.4 is 0 Å². The van der Waals surface area contributed by atoms with Gasteiger partial charge in [0.05, 0.1) is 17.6 Å². The molecular formula is C11H20O4. The monoisotopic (exact) mass is 216 g/mol. The van der Waals surface area contributed by atoms with E-state index in [1.165, 1.54) is 0 Å². The van der Waals surface area contributed by atoms with Gasteiger partial charge >= 0.3 is 5.97 Å². The minimum atomic E-state index is -1.27. The first-order valence-electron chi connectivity index (χ1n) is 5.27. The van der Waals surface area contributed by atoms with Gasteiger partial charge in [-0.05, 0) is 27.2 Å². The number of carboxylic acid groups (broad SMARTS) is 1. The maximum absolute atomic E-state index is 11.2. The van der Waals surface area contributed by atoms with Crippen LogP contribution in [0.4, 0.5) is 0 Å². The van der Waals surface area contributed by atoms with E-state index in [4.69, 9.17) is 4.74 Å². The van der Waals surface area contributed by atoms with E-state index in [0.717, 1.165) is 0 Å². The van der Waals surface area contributed by atoms with Crippen LogP contribution in [0.15, 0.2) is 0 Å². The van der Waals surface area contributed by atoms with Crippen LogP contribution in [-0.2, 0) is 9.53 Å². The van der Waals surface area contributed by atoms with Gasteiger partial charge in [-0.2, -0.15) is 0 Å². The van der Waals surface area contributed by atoms with E-state index in [9.17, 15) is 15.0 Å². The number of carboxylic acids is 1. The second kappa shape index (κ2) is 3.46. The molecule has 0 radical (unpaired) electrons. The van der Waals surface area contributed by atoms with Crippen molar-refractivity contribution in [1.82, 2.24) is 0 Å². The van der Waals surface area contributed by atoms with Crippen molar-refractivity contribution < 1.29 is 19.7 Å². The van der Waals surface area contributed by atoms with Crippen LogP contribution in [0.5, 0.6) is 0 Å². The van der Waals surface area contributed by atoms with Crippen molar-refractivity contribution in [2.24, 2.45) is 5.41 Å². The first-order chi connectivity index (χ1) is 6.67. The van der Waals surface area contributed by atoms with Gasteiger partial charge in [0.1, 0.15) is 5.60 Å². The Kier molecular flexibility index (Phi) is 2.87. The molecule has 88 valence electrons. The third kappa shape index (κ3) is 1.88. The van der Waals surface area contributed by atoms with Crippen molar-refractivity contribution in [2.45, 2.75) is 51.7 Å². The lowest BCUT2D eigenvalue weighted by Gasteiger charge is -2.38. The number of hydrogen-bond donors (Lipinski definition) is 2. The summed E-state index contributed by atoms with van der Waals surface area (Å²) in [5, 5.41) is 19.6. The zero-order chi connectivity index (χ0) is 11.9. The van der Waals surface area contributed by atoms with E-state index >= 15 is 0 Å². The summed E-state index contributed by atoms with van der Waals surface area (Å²) < 4.78 is 5.44. The summed E-state index contributed by atoms with van der Waals surface area (Å²) in [5.41, 5.74) is -2.85. The summed E-state index contributed by atoms with van der Waals surface area (Å²) >= 11 is 0. The Balaban J connectivity index is 3.00. The largest absolute Gasteiger partial charge is 0.481 e. The fourth-order valence-corrected chi connectivity index (χ4v) is 2.15. The minimum Gasteiger partial charge on any atom is -0.481 e. The lowest BCUT2D eigenvalue weighted by atomic mass is 9.69. The number of ether oxygens (including phenoxy) is 1. The van der Waals surface area contributed by atoms with Crippen molar-refractivity contribution in [2.75, 3.05) is 6.61 Å². The van der Waals surface area contributed by atoms with Gasteiger partial charge in [0.15, 0.2) is 0 Å². The fraction of sp³-hybridized carbons (Fsp3) is 0.909. The van der Waals surface area contributed by atoms with E-state index in [1.54, 1.807) is 13.8 Å². The smallest absolute Gasteiger partial charge is 0.312 e. The maximum atomic E-state index is 11.2. The van der Waals surface area contributed by atoms with Crippen molar-refractivity contribution in [3.8, 4) is 0 Å². The summed E-state index contributed by atoms with van der Waals surface area (Å²) in [6, 6.07) is 0. The zero-order valence-corrected chi connectivity index (χ0v) is 9.83. The molecular weight excluding hydrogens is 196 g/mol. The molecule has 0 amide bonds. The van der Waals surface area contributed by atoms with Crippen LogP contribution in [0, 0.1) is 5.41 Å². The van der Waals surface area contributed by atoms with Crippen LogP contribution in [0.3, 0.4) is 0 Å².